The van der Waals surface area contributed by atoms with Crippen molar-refractivity contribution in [3.05, 3.63) is 46.6 Å². The van der Waals surface area contributed by atoms with Gasteiger partial charge >= 0.3 is 0 Å². The molecule has 2 aromatic rings. The van der Waals surface area contributed by atoms with Crippen LogP contribution < -0.4 is 14.8 Å². The highest BCUT2D eigenvalue weighted by Crippen LogP contribution is 2.32. The molecular formula is C17H18ClF3N4O3S. The molecule has 2 atom stereocenters. The van der Waals surface area contributed by atoms with E-state index >= 15 is 0 Å². The highest BCUT2D eigenvalue weighted by Gasteiger charge is 2.51. The van der Waals surface area contributed by atoms with Crippen molar-refractivity contribution in [3.63, 3.8) is 0 Å². The molecule has 1 aliphatic heterocycles. The quantitative estimate of drug-likeness (QED) is 0.657. The van der Waals surface area contributed by atoms with Crippen molar-refractivity contribution >= 4 is 21.6 Å². The van der Waals surface area contributed by atoms with Gasteiger partial charge in [0.05, 0.1) is 12.8 Å². The van der Waals surface area contributed by atoms with E-state index in [-0.39, 0.29) is 28.9 Å². The van der Waals surface area contributed by atoms with Crippen LogP contribution >= 0.6 is 11.6 Å². The lowest BCUT2D eigenvalue weighted by Gasteiger charge is -2.24. The number of nitrogens with one attached hydrogen (secondary N) is 2. The minimum absolute atomic E-state index is 0.0585. The zero-order chi connectivity index (χ0) is 21.4. The summed E-state index contributed by atoms with van der Waals surface area (Å²) in [6, 6.07) is 1.55. The zero-order valence-corrected chi connectivity index (χ0v) is 17.0. The number of hydrogen-bond donors (Lipinski definition) is 2. The number of aromatic nitrogens is 2. The molecule has 0 amide bonds. The molecule has 2 N–H and O–H groups in total. The van der Waals surface area contributed by atoms with Crippen LogP contribution in [0.15, 0.2) is 24.4 Å². The lowest BCUT2D eigenvalue weighted by molar-refractivity contribution is -0.000842. The maximum Gasteiger partial charge on any atom is 0.277 e. The maximum absolute atomic E-state index is 14.9. The summed E-state index contributed by atoms with van der Waals surface area (Å²) < 4.78 is 73.5. The third-order valence-electron chi connectivity index (χ3n) is 4.38. The fourth-order valence-corrected chi connectivity index (χ4v) is 3.95. The average molecular weight is 451 g/mol. The third kappa shape index (κ3) is 5.16. The lowest BCUT2D eigenvalue weighted by Crippen LogP contribution is -2.51. The maximum atomic E-state index is 14.9. The van der Waals surface area contributed by atoms with E-state index in [0.717, 1.165) is 6.26 Å². The summed E-state index contributed by atoms with van der Waals surface area (Å²) in [5, 5.41) is 2.48. The first-order valence-corrected chi connectivity index (χ1v) is 10.8. The summed E-state index contributed by atoms with van der Waals surface area (Å²) in [6.45, 7) is 0.931. The molecule has 29 heavy (non-hydrogen) atoms. The fraction of sp³-hybridized carbons (Fsp3) is 0.412. The number of nitrogens with zero attached hydrogens (tertiary/aromatic N) is 2. The molecule has 1 aromatic heterocycles. The van der Waals surface area contributed by atoms with Gasteiger partial charge in [-0.25, -0.2) is 31.3 Å². The van der Waals surface area contributed by atoms with Crippen LogP contribution in [0, 0.1) is 12.7 Å². The van der Waals surface area contributed by atoms with Gasteiger partial charge in [-0.15, -0.1) is 0 Å². The number of alkyl halides is 2. The second-order valence-corrected chi connectivity index (χ2v) is 8.90. The number of ether oxygens (including phenoxy) is 1. The van der Waals surface area contributed by atoms with E-state index in [2.05, 4.69) is 15.3 Å². The van der Waals surface area contributed by atoms with Crippen LogP contribution in [0.4, 0.5) is 13.2 Å². The van der Waals surface area contributed by atoms with Crippen LogP contribution in [0.25, 0.3) is 0 Å². The smallest absolute Gasteiger partial charge is 0.277 e. The molecule has 0 aliphatic carbocycles. The van der Waals surface area contributed by atoms with Crippen LogP contribution in [-0.4, -0.2) is 49.2 Å². The van der Waals surface area contributed by atoms with Gasteiger partial charge in [0, 0.05) is 17.8 Å². The second kappa shape index (κ2) is 8.05. The van der Waals surface area contributed by atoms with Crippen molar-refractivity contribution in [2.45, 2.75) is 31.4 Å². The molecule has 1 saturated heterocycles. The normalized spacial score (nSPS) is 21.3. The summed E-state index contributed by atoms with van der Waals surface area (Å²) in [5.41, 5.74) is 0.601. The van der Waals surface area contributed by atoms with Gasteiger partial charge in [-0.2, -0.15) is 4.98 Å². The Morgan fingerprint density at radius 3 is 2.83 bits per heavy atom. The van der Waals surface area contributed by atoms with E-state index < -0.39 is 40.4 Å². The molecule has 1 aromatic carbocycles. The summed E-state index contributed by atoms with van der Waals surface area (Å²) in [5.74, 6) is -4.19. The number of halogens is 4. The van der Waals surface area contributed by atoms with Gasteiger partial charge in [0.15, 0.2) is 11.6 Å². The second-order valence-electron chi connectivity index (χ2n) is 6.78. The Balaban J connectivity index is 1.85. The predicted octanol–water partition coefficient (Wildman–Crippen LogP) is 2.44. The van der Waals surface area contributed by atoms with Gasteiger partial charge in [0.25, 0.3) is 5.92 Å². The van der Waals surface area contributed by atoms with E-state index in [4.69, 9.17) is 16.3 Å². The molecule has 7 nitrogen and oxygen atoms in total. The molecular weight excluding hydrogens is 433 g/mol. The molecule has 12 heteroatoms. The predicted molar refractivity (Wildman–Crippen MR) is 100 cm³/mol. The minimum Gasteiger partial charge on any atom is -0.435 e. The first-order valence-electron chi connectivity index (χ1n) is 8.49. The summed E-state index contributed by atoms with van der Waals surface area (Å²) >= 11 is 5.73. The van der Waals surface area contributed by atoms with E-state index in [9.17, 15) is 21.6 Å². The van der Waals surface area contributed by atoms with Crippen LogP contribution in [-0.2, 0) is 16.4 Å². The van der Waals surface area contributed by atoms with Gasteiger partial charge in [-0.05, 0) is 36.6 Å². The number of rotatable bonds is 6. The third-order valence-corrected chi connectivity index (χ3v) is 5.25. The Morgan fingerprint density at radius 2 is 2.14 bits per heavy atom. The molecule has 2 heterocycles. The Labute approximate surface area is 170 Å². The number of sulfonamides is 1. The molecule has 0 radical (unpaired) electrons. The van der Waals surface area contributed by atoms with Gasteiger partial charge in [0.1, 0.15) is 6.04 Å². The molecule has 3 rings (SSSR count). The summed E-state index contributed by atoms with van der Waals surface area (Å²) in [7, 11) is -3.89. The van der Waals surface area contributed by atoms with Crippen LogP contribution in [0.2, 0.25) is 5.28 Å². The largest absolute Gasteiger partial charge is 0.435 e. The first-order chi connectivity index (χ1) is 13.5. The van der Waals surface area contributed by atoms with Crippen LogP contribution in [0.3, 0.4) is 0 Å². The van der Waals surface area contributed by atoms with Gasteiger partial charge in [-0.3, -0.25) is 0 Å². The van der Waals surface area contributed by atoms with Gasteiger partial charge in [-0.1, -0.05) is 12.1 Å². The van der Waals surface area contributed by atoms with Crippen molar-refractivity contribution in [2.75, 3.05) is 12.8 Å². The fourth-order valence-electron chi connectivity index (χ4n) is 3.02. The highest BCUT2D eigenvalue weighted by molar-refractivity contribution is 7.88. The van der Waals surface area contributed by atoms with Crippen molar-refractivity contribution in [3.8, 4) is 11.6 Å². The Morgan fingerprint density at radius 1 is 1.41 bits per heavy atom. The molecule has 0 saturated carbocycles. The molecule has 158 valence electrons. The number of benzene rings is 1. The van der Waals surface area contributed by atoms with E-state index in [1.165, 1.54) is 24.4 Å². The van der Waals surface area contributed by atoms with Crippen molar-refractivity contribution < 1.29 is 26.3 Å². The SMILES string of the molecule is Cc1cnc(Cl)nc1Oc1cccc(C[C@@H]2NCC(F)(F)[C@@H]2NS(C)(=O)=O)c1F. The Bertz CT molecular complexity index is 1020. The van der Waals surface area contributed by atoms with Crippen molar-refractivity contribution in [2.24, 2.45) is 0 Å². The van der Waals surface area contributed by atoms with E-state index in [1.807, 2.05) is 4.72 Å². The molecule has 0 bridgehead atoms. The number of aryl methyl sites for hydroxylation is 1. The van der Waals surface area contributed by atoms with Crippen molar-refractivity contribution in [1.82, 2.24) is 20.0 Å². The van der Waals surface area contributed by atoms with E-state index in [1.54, 1.807) is 6.92 Å². The highest BCUT2D eigenvalue weighted by atomic mass is 35.5. The molecule has 0 unspecified atom stereocenters. The van der Waals surface area contributed by atoms with Gasteiger partial charge in [0.2, 0.25) is 21.2 Å². The summed E-state index contributed by atoms with van der Waals surface area (Å²) in [4.78, 5) is 7.68. The lowest BCUT2D eigenvalue weighted by atomic mass is 9.99. The van der Waals surface area contributed by atoms with Crippen molar-refractivity contribution in [1.29, 1.82) is 0 Å². The Kier molecular flexibility index (Phi) is 6.04. The van der Waals surface area contributed by atoms with Gasteiger partial charge < -0.3 is 10.1 Å². The molecule has 1 aliphatic rings. The topological polar surface area (TPSA) is 93.2 Å². The van der Waals surface area contributed by atoms with E-state index in [0.29, 0.717) is 5.56 Å². The molecule has 0 spiro atoms. The number of hydrogen-bond acceptors (Lipinski definition) is 6. The minimum atomic E-state index is -3.89. The average Bonchev–Trinajstić information content (AvgIpc) is 2.88. The first kappa shape index (κ1) is 21.8. The monoisotopic (exact) mass is 450 g/mol. The zero-order valence-electron chi connectivity index (χ0n) is 15.4. The Hall–Kier alpha value is -1.95. The molecule has 1 fully saturated rings. The van der Waals surface area contributed by atoms with Crippen LogP contribution in [0.5, 0.6) is 11.6 Å². The summed E-state index contributed by atoms with van der Waals surface area (Å²) in [6.07, 6.45) is 2.02. The van der Waals surface area contributed by atoms with Crippen LogP contribution in [0.1, 0.15) is 11.1 Å². The standard InChI is InChI=1S/C17H18ClF3N4O3S/c1-9-7-22-16(18)24-15(9)28-12-5-3-4-10(13(12)19)6-11-14(25-29(2,26)27)17(20,21)8-23-11/h3-5,7,11,14,23,25H,6,8H2,1-2H3/t11-,14+/m0/s1.